The number of carbonyl (C=O) groups excluding carboxylic acids is 2. The fourth-order valence-electron chi connectivity index (χ4n) is 6.30. The molecule has 0 aliphatic rings. The van der Waals surface area contributed by atoms with Gasteiger partial charge < -0.3 is 9.47 Å². The molecule has 0 heterocycles. The number of sulfonamides is 6. The highest BCUT2D eigenvalue weighted by Crippen LogP contribution is 2.20. The van der Waals surface area contributed by atoms with Gasteiger partial charge in [0.25, 0.3) is 60.1 Å². The van der Waals surface area contributed by atoms with Crippen molar-refractivity contribution < 1.29 is 69.6 Å². The van der Waals surface area contributed by atoms with Gasteiger partial charge in [0.1, 0.15) is 11.2 Å². The Bertz CT molecular complexity index is 3890. The van der Waals surface area contributed by atoms with Gasteiger partial charge in [-0.3, -0.25) is 0 Å². The highest BCUT2D eigenvalue weighted by atomic mass is 32.2. The standard InChI is InChI=1S/C13H20N2O4S.C12H18N2O4S.C9H14N2O2S.2C8H12N2O2S.C7H10N2O2S/c1-10-6-8-11(9-7-10)20(17,18)15(14-5)12(16)19-13(2,3)4;1-12(2,3)18-11(15)14(13-4)19(16,17)10-8-6-5-7-9-10;1-8-4-6-9(7-5-8)14(12,13)11(3)10-2;1-7-3-5-8(6-4-7)13(11,12)10-9-2;1-9-10(2)13(11,12)8-6-4-3-5-7-8;1-8-9-12(10,11)7-5-3-2-4-6-7/h6-9,14H,1-5H3;5-9,13H,1-4H3;4-7,10H,1-3H3;3-6,9-10H,1-2H3;3-7,9H,1-2H3;2-6,8-9H,1H3. The minimum Gasteiger partial charge on any atom is -0.442 e. The van der Waals surface area contributed by atoms with Gasteiger partial charge in [-0.25, -0.2) is 75.8 Å². The SMILES string of the molecule is CNN(C(=O)OC(C)(C)C)S(=O)(=O)c1ccc(C)cc1.CNN(C(=O)OC(C)(C)C)S(=O)(=O)c1ccccc1.CNN(C)S(=O)(=O)c1ccc(C)cc1.CNN(C)S(=O)(=O)c1ccccc1.CNNS(=O)(=O)c1ccc(C)cc1.CNNS(=O)(=O)c1ccccc1. The van der Waals surface area contributed by atoms with E-state index < -0.39 is 83.5 Å². The zero-order valence-corrected chi connectivity index (χ0v) is 58.8. The van der Waals surface area contributed by atoms with E-state index in [2.05, 4.69) is 42.2 Å². The zero-order chi connectivity index (χ0) is 69.8. The fourth-order valence-corrected chi connectivity index (χ4v) is 12.5. The first-order valence-corrected chi connectivity index (χ1v) is 35.7. The van der Waals surface area contributed by atoms with E-state index in [1.165, 1.54) is 78.7 Å². The summed E-state index contributed by atoms with van der Waals surface area (Å²) >= 11 is 0. The number of carbonyl (C=O) groups is 2. The second-order valence-corrected chi connectivity index (χ2v) is 31.3. The highest BCUT2D eigenvalue weighted by Gasteiger charge is 2.34. The van der Waals surface area contributed by atoms with E-state index in [0.29, 0.717) is 13.7 Å². The van der Waals surface area contributed by atoms with E-state index in [4.69, 9.17) is 9.47 Å². The molecule has 0 saturated carbocycles. The monoisotopic (exact) mass is 1390 g/mol. The number of hydrazine groups is 6. The Morgan fingerprint density at radius 1 is 0.330 bits per heavy atom. The van der Waals surface area contributed by atoms with Crippen LogP contribution in [0.25, 0.3) is 0 Å². The molecule has 0 radical (unpaired) electrons. The van der Waals surface area contributed by atoms with Crippen molar-refractivity contribution in [3.05, 3.63) is 180 Å². The number of nitrogens with one attached hydrogen (secondary N) is 8. The van der Waals surface area contributed by atoms with E-state index >= 15 is 0 Å². The molecule has 6 aromatic rings. The first kappa shape index (κ1) is 82.2. The van der Waals surface area contributed by atoms with Crippen molar-refractivity contribution in [1.82, 2.24) is 59.9 Å². The third-order valence-corrected chi connectivity index (χ3v) is 20.6. The summed E-state index contributed by atoms with van der Waals surface area (Å²) in [6.45, 7) is 15.6. The van der Waals surface area contributed by atoms with Crippen molar-refractivity contribution in [2.45, 2.75) is 103 Å². The second kappa shape index (κ2) is 37.0. The molecule has 2 amide bonds. The Labute approximate surface area is 538 Å². The Hall–Kier alpha value is -6.84. The van der Waals surface area contributed by atoms with Crippen molar-refractivity contribution in [3.8, 4) is 0 Å². The predicted octanol–water partition coefficient (Wildman–Crippen LogP) is 5.50. The minimum absolute atomic E-state index is 0.00945. The van der Waals surface area contributed by atoms with Gasteiger partial charge >= 0.3 is 12.2 Å². The molecule has 34 heteroatoms. The topological polar surface area (TPSA) is 367 Å². The van der Waals surface area contributed by atoms with Crippen molar-refractivity contribution >= 4 is 72.3 Å². The van der Waals surface area contributed by atoms with Crippen LogP contribution < -0.4 is 42.2 Å². The fraction of sp³-hybridized carbons (Fsp3) is 0.333. The van der Waals surface area contributed by atoms with Crippen LogP contribution in [0.15, 0.2) is 193 Å². The molecule has 506 valence electrons. The van der Waals surface area contributed by atoms with Gasteiger partial charge in [0.2, 0.25) is 0 Å². The van der Waals surface area contributed by atoms with Crippen LogP contribution in [0.1, 0.15) is 58.2 Å². The smallest absolute Gasteiger partial charge is 0.439 e. The molecule has 0 aliphatic heterocycles. The van der Waals surface area contributed by atoms with E-state index in [1.807, 2.05) is 20.8 Å². The lowest BCUT2D eigenvalue weighted by molar-refractivity contribution is 0.0326. The van der Waals surface area contributed by atoms with Crippen LogP contribution in [0.2, 0.25) is 0 Å². The van der Waals surface area contributed by atoms with Crippen molar-refractivity contribution in [3.63, 3.8) is 0 Å². The molecule has 0 saturated heterocycles. The quantitative estimate of drug-likeness (QED) is 0.0492. The number of ether oxygens (including phenoxy) is 2. The Morgan fingerprint density at radius 3 is 0.791 bits per heavy atom. The van der Waals surface area contributed by atoms with Crippen molar-refractivity contribution in [2.75, 3.05) is 56.4 Å². The molecule has 28 nitrogen and oxygen atoms in total. The maximum absolute atomic E-state index is 12.4. The van der Waals surface area contributed by atoms with Crippen molar-refractivity contribution in [2.24, 2.45) is 0 Å². The van der Waals surface area contributed by atoms with E-state index in [-0.39, 0.29) is 24.5 Å². The summed E-state index contributed by atoms with van der Waals surface area (Å²) in [5, 5.41) is 0. The summed E-state index contributed by atoms with van der Waals surface area (Å²) in [4.78, 5) is 29.3. The maximum atomic E-state index is 12.4. The average molecular weight is 1390 g/mol. The lowest BCUT2D eigenvalue weighted by Crippen LogP contribution is -2.47. The van der Waals surface area contributed by atoms with Gasteiger partial charge in [-0.1, -0.05) is 108 Å². The number of rotatable bonds is 18. The van der Waals surface area contributed by atoms with Crippen LogP contribution in [-0.2, 0) is 69.6 Å². The van der Waals surface area contributed by atoms with Gasteiger partial charge in [-0.15, -0.1) is 27.3 Å². The zero-order valence-electron chi connectivity index (χ0n) is 53.9. The number of hydrogen-bond donors (Lipinski definition) is 8. The lowest BCUT2D eigenvalue weighted by Gasteiger charge is -2.26. The van der Waals surface area contributed by atoms with Crippen LogP contribution >= 0.6 is 0 Å². The van der Waals surface area contributed by atoms with Crippen LogP contribution in [-0.4, -0.2) is 148 Å². The molecule has 0 aliphatic carbocycles. The maximum Gasteiger partial charge on any atom is 0.439 e. The van der Waals surface area contributed by atoms with Crippen LogP contribution in [0.4, 0.5) is 9.59 Å². The Kier molecular flexibility index (Phi) is 33.4. The van der Waals surface area contributed by atoms with Crippen molar-refractivity contribution in [1.29, 1.82) is 0 Å². The molecule has 6 aromatic carbocycles. The lowest BCUT2D eigenvalue weighted by atomic mass is 10.2. The van der Waals surface area contributed by atoms with E-state index in [0.717, 1.165) is 25.5 Å². The van der Waals surface area contributed by atoms with Crippen LogP contribution in [0.3, 0.4) is 0 Å². The Morgan fingerprint density at radius 2 is 0.549 bits per heavy atom. The Balaban J connectivity index is 0.000000552. The van der Waals surface area contributed by atoms with Gasteiger partial charge in [0.15, 0.2) is 0 Å². The second-order valence-electron chi connectivity index (χ2n) is 20.4. The molecular formula is C57H86N12O16S6. The van der Waals surface area contributed by atoms with E-state index in [9.17, 15) is 60.1 Å². The molecule has 0 unspecified atom stereocenters. The summed E-state index contributed by atoms with van der Waals surface area (Å²) < 4.78 is 154. The molecule has 0 bridgehead atoms. The third-order valence-electron chi connectivity index (χ3n) is 10.9. The molecule has 0 atom stereocenters. The predicted molar refractivity (Wildman–Crippen MR) is 348 cm³/mol. The minimum atomic E-state index is -3.99. The summed E-state index contributed by atoms with van der Waals surface area (Å²) in [5.74, 6) is 0. The summed E-state index contributed by atoms with van der Waals surface area (Å²) in [7, 11) is -9.74. The van der Waals surface area contributed by atoms with Crippen LogP contribution in [0.5, 0.6) is 0 Å². The van der Waals surface area contributed by atoms with Gasteiger partial charge in [0, 0.05) is 28.2 Å². The molecule has 8 N–H and O–H groups in total. The number of nitrogens with zero attached hydrogens (tertiary/aromatic N) is 4. The largest absolute Gasteiger partial charge is 0.442 e. The summed E-state index contributed by atoms with van der Waals surface area (Å²) in [5.41, 5.74) is 16.0. The van der Waals surface area contributed by atoms with Gasteiger partial charge in [-0.2, -0.15) is 16.8 Å². The summed E-state index contributed by atoms with van der Waals surface area (Å²) in [6.07, 6.45) is -1.94. The van der Waals surface area contributed by atoms with Gasteiger partial charge in [0.05, 0.1) is 29.4 Å². The number of hydrogen-bond acceptors (Lipinski definition) is 22. The average Bonchev–Trinajstić information content (AvgIpc) is 0.960. The molecular weight excluding hydrogens is 1300 g/mol. The molecule has 0 aromatic heterocycles. The summed E-state index contributed by atoms with van der Waals surface area (Å²) in [6, 6.07) is 43.7. The normalized spacial score (nSPS) is 11.9. The highest BCUT2D eigenvalue weighted by molar-refractivity contribution is 7.90. The molecule has 6 rings (SSSR count). The third kappa shape index (κ3) is 27.5. The first-order valence-electron chi connectivity index (χ1n) is 27.0. The molecule has 0 spiro atoms. The first-order chi connectivity index (χ1) is 42.0. The van der Waals surface area contributed by atoms with Gasteiger partial charge in [-0.05, 0) is 163 Å². The number of aryl methyl sites for hydroxylation is 3. The molecule has 0 fully saturated rings. The molecule has 91 heavy (non-hydrogen) atoms. The number of benzene rings is 6. The number of amides is 2. The van der Waals surface area contributed by atoms with E-state index in [1.54, 1.807) is 183 Å². The van der Waals surface area contributed by atoms with Crippen LogP contribution in [0, 0.1) is 20.8 Å².